The van der Waals surface area contributed by atoms with Gasteiger partial charge in [-0.05, 0) is 98.2 Å². The second-order valence-corrected chi connectivity index (χ2v) is 13.5. The van der Waals surface area contributed by atoms with Crippen molar-refractivity contribution in [2.24, 2.45) is 5.92 Å². The molecule has 0 amide bonds. The number of carboxylic acids is 1. The predicted molar refractivity (Wildman–Crippen MR) is 200 cm³/mol. The zero-order valence-corrected chi connectivity index (χ0v) is 30.9. The molecule has 0 fully saturated rings. The van der Waals surface area contributed by atoms with Crippen molar-refractivity contribution in [3.8, 4) is 0 Å². The molecule has 0 aromatic carbocycles. The molecule has 4 aliphatic rings. The van der Waals surface area contributed by atoms with Gasteiger partial charge < -0.3 is 29.3 Å². The third kappa shape index (κ3) is 6.28. The van der Waals surface area contributed by atoms with Gasteiger partial charge in [0.1, 0.15) is 5.92 Å². The fourth-order valence-corrected chi connectivity index (χ4v) is 7.70. The van der Waals surface area contributed by atoms with Gasteiger partial charge in [0.15, 0.2) is 0 Å². The van der Waals surface area contributed by atoms with E-state index in [0.717, 1.165) is 44.5 Å². The molecule has 53 heavy (non-hydrogen) atoms. The van der Waals surface area contributed by atoms with Crippen LogP contribution in [0.4, 0.5) is 0 Å². The molecule has 6 rings (SSSR count). The summed E-state index contributed by atoms with van der Waals surface area (Å²) < 4.78 is 15.4. The summed E-state index contributed by atoms with van der Waals surface area (Å²) >= 11 is 0. The van der Waals surface area contributed by atoms with Crippen LogP contribution in [-0.4, -0.2) is 70.2 Å². The topological polar surface area (TPSA) is 174 Å². The number of hydrogen-bond donors (Lipinski definition) is 3. The van der Waals surface area contributed by atoms with E-state index >= 15 is 0 Å². The van der Waals surface area contributed by atoms with Gasteiger partial charge in [0, 0.05) is 40.8 Å². The fraction of sp³-hybridized carbons (Fsp3) is 0.317. The molecule has 3 aliphatic heterocycles. The smallest absolute Gasteiger partial charge is 0.334 e. The Bertz CT molecular complexity index is 2320. The molecule has 12 heteroatoms. The first-order chi connectivity index (χ1) is 25.3. The minimum absolute atomic E-state index is 0.0776. The number of aliphatic carboxylic acids is 1. The van der Waals surface area contributed by atoms with Crippen LogP contribution in [0, 0.1) is 12.8 Å². The van der Waals surface area contributed by atoms with Gasteiger partial charge in [0.25, 0.3) is 0 Å². The Hall–Kier alpha value is -6.04. The third-order valence-electron chi connectivity index (χ3n) is 10.7. The number of aromatic nitrogens is 4. The molecule has 5 heterocycles. The van der Waals surface area contributed by atoms with Crippen LogP contribution in [0.5, 0.6) is 0 Å². The highest BCUT2D eigenvalue weighted by Crippen LogP contribution is 2.52. The molecule has 0 spiro atoms. The standard InChI is InChI=1S/C41H42N4O8/c1-9-23-20(2)29-17-34-27-13-10-26(39(49)52-7)38(40(50)53-8)41(27,5)35(45-34)19-30-22(4)25(12-15-37(48)51-6)33(44-30)18-32-24(11-14-36(46)47)21(3)28(43-32)16-31(23)42-29/h9-10,13,16-19,38,43,45H,1,11-12,14-15H2,2-8H3,(H,46,47)/t38?,41-/m1/s1. The highest BCUT2D eigenvalue weighted by atomic mass is 16.5. The summed E-state index contributed by atoms with van der Waals surface area (Å²) in [6.45, 7) is 11.8. The van der Waals surface area contributed by atoms with Gasteiger partial charge in [0.05, 0.1) is 55.1 Å². The van der Waals surface area contributed by atoms with E-state index in [-0.39, 0.29) is 30.8 Å². The van der Waals surface area contributed by atoms with Crippen molar-refractivity contribution in [2.45, 2.75) is 58.8 Å². The monoisotopic (exact) mass is 718 g/mol. The van der Waals surface area contributed by atoms with Gasteiger partial charge >= 0.3 is 23.9 Å². The number of rotatable bonds is 9. The molecule has 12 nitrogen and oxygen atoms in total. The zero-order chi connectivity index (χ0) is 38.4. The lowest BCUT2D eigenvalue weighted by atomic mass is 9.64. The molecule has 0 saturated carbocycles. The van der Waals surface area contributed by atoms with E-state index in [2.05, 4.69) is 16.5 Å². The Kier molecular flexibility index (Phi) is 9.83. The minimum atomic E-state index is -1.14. The van der Waals surface area contributed by atoms with Crippen molar-refractivity contribution in [2.75, 3.05) is 21.3 Å². The molecule has 274 valence electrons. The number of carboxylic acid groups (broad SMARTS) is 1. The number of nitrogens with one attached hydrogen (secondary N) is 2. The Morgan fingerprint density at radius 3 is 2.21 bits per heavy atom. The molecular weight excluding hydrogens is 676 g/mol. The van der Waals surface area contributed by atoms with Crippen molar-refractivity contribution in [3.63, 3.8) is 0 Å². The second-order valence-electron chi connectivity index (χ2n) is 13.5. The first kappa shape index (κ1) is 36.7. The molecule has 1 aliphatic carbocycles. The first-order valence-electron chi connectivity index (χ1n) is 17.2. The number of aryl methyl sites for hydroxylation is 2. The lowest BCUT2D eigenvalue weighted by molar-refractivity contribution is -0.149. The van der Waals surface area contributed by atoms with Crippen molar-refractivity contribution in [1.82, 2.24) is 19.9 Å². The normalized spacial score (nSPS) is 18.4. The zero-order valence-electron chi connectivity index (χ0n) is 30.9. The number of hydrogen-bond acceptors (Lipinski definition) is 9. The summed E-state index contributed by atoms with van der Waals surface area (Å²) in [5.74, 6) is -3.64. The quantitative estimate of drug-likeness (QED) is 0.189. The molecule has 2 aromatic heterocycles. The van der Waals surface area contributed by atoms with E-state index in [9.17, 15) is 24.3 Å². The van der Waals surface area contributed by atoms with Crippen LogP contribution in [0.3, 0.4) is 0 Å². The third-order valence-corrected chi connectivity index (χ3v) is 10.7. The number of aromatic amines is 2. The average Bonchev–Trinajstić information content (AvgIpc) is 3.79. The van der Waals surface area contributed by atoms with Crippen LogP contribution in [-0.2, 0) is 45.2 Å². The van der Waals surface area contributed by atoms with E-state index < -0.39 is 29.2 Å². The first-order valence-corrected chi connectivity index (χ1v) is 17.2. The Balaban J connectivity index is 1.76. The summed E-state index contributed by atoms with van der Waals surface area (Å²) in [6, 6.07) is 7.59. The fourth-order valence-electron chi connectivity index (χ4n) is 7.70. The summed E-state index contributed by atoms with van der Waals surface area (Å²) in [5.41, 5.74) is 9.93. The van der Waals surface area contributed by atoms with Crippen LogP contribution >= 0.6 is 0 Å². The Morgan fingerprint density at radius 1 is 0.849 bits per heavy atom. The maximum atomic E-state index is 13.7. The van der Waals surface area contributed by atoms with Gasteiger partial charge in [-0.25, -0.2) is 14.8 Å². The van der Waals surface area contributed by atoms with Gasteiger partial charge in [-0.1, -0.05) is 24.8 Å². The molecule has 2 atom stereocenters. The summed E-state index contributed by atoms with van der Waals surface area (Å²) in [7, 11) is 3.89. The number of H-pyrrole nitrogens is 2. The van der Waals surface area contributed by atoms with Crippen LogP contribution in [0.1, 0.15) is 85.3 Å². The van der Waals surface area contributed by atoms with Gasteiger partial charge in [-0.15, -0.1) is 0 Å². The highest BCUT2D eigenvalue weighted by molar-refractivity contribution is 6.02. The number of fused-ring (bicyclic) bond motifs is 11. The SMILES string of the molecule is C=CC1=C(C)c2cc3[nH]c(cc4nc(cc5[nH]c(cc1n2)c(C)c5CCC(=O)O)C(CCC(=O)OC)=C4C)[C@@]1(C)C3=CC=C(C(=O)OC)C1C(=O)OC. The van der Waals surface area contributed by atoms with Crippen molar-refractivity contribution in [1.29, 1.82) is 0 Å². The van der Waals surface area contributed by atoms with E-state index in [4.69, 9.17) is 24.2 Å². The van der Waals surface area contributed by atoms with E-state index in [1.165, 1.54) is 21.3 Å². The van der Waals surface area contributed by atoms with Gasteiger partial charge in [0.2, 0.25) is 0 Å². The van der Waals surface area contributed by atoms with Crippen LogP contribution < -0.4 is 0 Å². The predicted octanol–water partition coefficient (Wildman–Crippen LogP) is 6.61. The molecule has 1 unspecified atom stereocenters. The number of allylic oxidation sites excluding steroid dienone is 8. The number of ether oxygens (including phenoxy) is 3. The van der Waals surface area contributed by atoms with Gasteiger partial charge in [-0.2, -0.15) is 0 Å². The number of nitrogens with zero attached hydrogens (tertiary/aromatic N) is 2. The second kappa shape index (κ2) is 14.2. The van der Waals surface area contributed by atoms with Gasteiger partial charge in [-0.3, -0.25) is 14.4 Å². The largest absolute Gasteiger partial charge is 0.481 e. The van der Waals surface area contributed by atoms with Crippen molar-refractivity contribution < 1.29 is 38.5 Å². The van der Waals surface area contributed by atoms with Crippen molar-refractivity contribution in [3.05, 3.63) is 99.9 Å². The minimum Gasteiger partial charge on any atom is -0.481 e. The average molecular weight is 719 g/mol. The Morgan fingerprint density at radius 2 is 1.55 bits per heavy atom. The lowest BCUT2D eigenvalue weighted by Crippen LogP contribution is -2.42. The number of carbonyl (C=O) groups is 4. The highest BCUT2D eigenvalue weighted by Gasteiger charge is 2.53. The van der Waals surface area contributed by atoms with E-state index in [1.54, 1.807) is 12.2 Å². The number of carbonyl (C=O) groups excluding carboxylic acids is 3. The van der Waals surface area contributed by atoms with E-state index in [1.807, 2.05) is 58.0 Å². The van der Waals surface area contributed by atoms with Crippen LogP contribution in [0.15, 0.2) is 54.6 Å². The molecule has 2 aromatic rings. The molecule has 8 bridgehead atoms. The van der Waals surface area contributed by atoms with E-state index in [0.29, 0.717) is 46.1 Å². The Labute approximate surface area is 306 Å². The maximum absolute atomic E-state index is 13.7. The molecular formula is C41H42N4O8. The lowest BCUT2D eigenvalue weighted by Gasteiger charge is -2.36. The number of esters is 3. The maximum Gasteiger partial charge on any atom is 0.334 e. The summed E-state index contributed by atoms with van der Waals surface area (Å²) in [4.78, 5) is 68.1. The molecule has 3 N–H and O–H groups in total. The molecule has 0 radical (unpaired) electrons. The van der Waals surface area contributed by atoms with Crippen molar-refractivity contribution >= 4 is 62.8 Å². The summed E-state index contributed by atoms with van der Waals surface area (Å²) in [5, 5.41) is 9.61. The van der Waals surface area contributed by atoms with Crippen LogP contribution in [0.25, 0.3) is 38.9 Å². The summed E-state index contributed by atoms with van der Waals surface area (Å²) in [6.07, 6.45) is 5.79. The number of methoxy groups -OCH3 is 3. The molecule has 0 saturated heterocycles. The van der Waals surface area contributed by atoms with Crippen LogP contribution in [0.2, 0.25) is 0 Å².